The van der Waals surface area contributed by atoms with E-state index in [0.29, 0.717) is 42.3 Å². The maximum atomic E-state index is 11.5. The van der Waals surface area contributed by atoms with Gasteiger partial charge in [-0.1, -0.05) is 192 Å². The summed E-state index contributed by atoms with van der Waals surface area (Å²) in [6, 6.07) is 57.6. The molecular weight excluding hydrogens is 1110 g/mol. The Morgan fingerprint density at radius 2 is 0.446 bits per heavy atom. The Balaban J connectivity index is 0.000000258. The minimum absolute atomic E-state index is 0. The molecule has 8 rings (SSSR count). The fraction of sp³-hybridized carbons (Fsp3) is 0.133. The van der Waals surface area contributed by atoms with Crippen molar-refractivity contribution >= 4 is 71.3 Å². The Hall–Kier alpha value is -6.16. The van der Waals surface area contributed by atoms with Crippen LogP contribution < -0.4 is 20.4 Å². The van der Waals surface area contributed by atoms with Crippen LogP contribution in [-0.2, 0) is 34.1 Å². The molecule has 2 radical (unpaired) electrons. The van der Waals surface area contributed by atoms with Crippen LogP contribution in [0.4, 0.5) is 0 Å². The van der Waals surface area contributed by atoms with E-state index in [9.17, 15) is 20.4 Å². The molecule has 0 saturated heterocycles. The summed E-state index contributed by atoms with van der Waals surface area (Å²) in [5, 5.41) is 48.8. The summed E-state index contributed by atoms with van der Waals surface area (Å²) in [4.78, 5) is 17.5. The molecule has 8 aromatic rings. The number of halogens is 4. The zero-order valence-electron chi connectivity index (χ0n) is 40.6. The standard InChI is InChI=1S/4C15H14ClNO.2Cu/c4*1-11(12-6-8-14(16)9-7-12)17-10-13-4-2-3-5-15(13)18;;/h4*2-11,18H,1H3;;/q;;;;2*+2/p-4/t4*11-;;/m0000../s1. The van der Waals surface area contributed by atoms with Crippen molar-refractivity contribution < 1.29 is 54.6 Å². The van der Waals surface area contributed by atoms with Crippen molar-refractivity contribution in [2.45, 2.75) is 51.9 Å². The molecule has 0 N–H and O–H groups in total. The van der Waals surface area contributed by atoms with E-state index >= 15 is 0 Å². The molecular formula is C60H52Cl4Cu2N4O4. The molecule has 0 aliphatic heterocycles. The predicted molar refractivity (Wildman–Crippen MR) is 293 cm³/mol. The van der Waals surface area contributed by atoms with Gasteiger partial charge >= 0.3 is 34.1 Å². The number of aliphatic imine (C=N–C) groups is 4. The molecule has 74 heavy (non-hydrogen) atoms. The first-order valence-electron chi connectivity index (χ1n) is 22.9. The van der Waals surface area contributed by atoms with Gasteiger partial charge in [-0.3, -0.25) is 20.0 Å². The number of rotatable bonds is 12. The Kier molecular flexibility index (Phi) is 27.6. The van der Waals surface area contributed by atoms with E-state index in [2.05, 4.69) is 20.0 Å². The Morgan fingerprint density at radius 1 is 0.284 bits per heavy atom. The third-order valence-electron chi connectivity index (χ3n) is 10.8. The number of hydrogen-bond acceptors (Lipinski definition) is 8. The molecule has 0 aliphatic carbocycles. The van der Waals surface area contributed by atoms with E-state index in [1.54, 1.807) is 73.4 Å². The number of hydrogen-bond donors (Lipinski definition) is 0. The Morgan fingerprint density at radius 3 is 0.608 bits per heavy atom. The van der Waals surface area contributed by atoms with Crippen LogP contribution in [0.5, 0.6) is 23.0 Å². The van der Waals surface area contributed by atoms with Crippen LogP contribution in [0.25, 0.3) is 0 Å². The molecule has 4 atom stereocenters. The summed E-state index contributed by atoms with van der Waals surface area (Å²) in [7, 11) is 0. The molecule has 386 valence electrons. The SMILES string of the molecule is C[C@H](N=Cc1ccccc1[O-])c1ccc(Cl)cc1.C[C@H](N=Cc1ccccc1[O-])c1ccc(Cl)cc1.C[C@H](N=Cc1ccccc1[O-])c1ccc(Cl)cc1.C[C@H](N=Cc1ccccc1[O-])c1ccc(Cl)cc1.[Cu+2].[Cu+2]. The molecule has 0 unspecified atom stereocenters. The fourth-order valence-electron chi connectivity index (χ4n) is 6.43. The third kappa shape index (κ3) is 21.4. The second kappa shape index (κ2) is 32.9. The van der Waals surface area contributed by atoms with E-state index in [1.165, 1.54) is 24.3 Å². The summed E-state index contributed by atoms with van der Waals surface area (Å²) in [5.41, 5.74) is 6.71. The minimum atomic E-state index is -0.00967. The second-order valence-electron chi connectivity index (χ2n) is 16.2. The average Bonchev–Trinajstić information content (AvgIpc) is 3.39. The van der Waals surface area contributed by atoms with Crippen molar-refractivity contribution in [3.05, 3.63) is 259 Å². The van der Waals surface area contributed by atoms with Gasteiger partial charge in [0, 0.05) is 44.9 Å². The topological polar surface area (TPSA) is 142 Å². The van der Waals surface area contributed by atoms with Crippen LogP contribution in [0.3, 0.4) is 0 Å². The number of para-hydroxylation sites is 4. The second-order valence-corrected chi connectivity index (χ2v) is 17.9. The van der Waals surface area contributed by atoms with Gasteiger partial charge in [-0.05, 0) is 121 Å². The van der Waals surface area contributed by atoms with Gasteiger partial charge in [0.1, 0.15) is 0 Å². The fourth-order valence-corrected chi connectivity index (χ4v) is 6.93. The minimum Gasteiger partial charge on any atom is -0.872 e. The number of nitrogens with zero attached hydrogens (tertiary/aromatic N) is 4. The van der Waals surface area contributed by atoms with E-state index in [0.717, 1.165) is 22.3 Å². The van der Waals surface area contributed by atoms with Crippen LogP contribution in [0.2, 0.25) is 20.1 Å². The largest absolute Gasteiger partial charge is 2.00 e. The van der Waals surface area contributed by atoms with Gasteiger partial charge in [0.15, 0.2) is 0 Å². The van der Waals surface area contributed by atoms with Crippen LogP contribution in [0, 0.1) is 0 Å². The Labute approximate surface area is 475 Å². The molecule has 0 aliphatic rings. The van der Waals surface area contributed by atoms with Crippen molar-refractivity contribution in [1.82, 2.24) is 0 Å². The van der Waals surface area contributed by atoms with E-state index in [-0.39, 0.29) is 81.3 Å². The summed E-state index contributed by atoms with van der Waals surface area (Å²) < 4.78 is 0. The molecule has 0 aromatic heterocycles. The number of benzene rings is 8. The van der Waals surface area contributed by atoms with E-state index < -0.39 is 0 Å². The summed E-state index contributed by atoms with van der Waals surface area (Å²) in [6.07, 6.45) is 6.51. The van der Waals surface area contributed by atoms with Crippen molar-refractivity contribution in [3.8, 4) is 23.0 Å². The normalized spacial score (nSPS) is 12.4. The molecule has 0 heterocycles. The first-order valence-corrected chi connectivity index (χ1v) is 24.4. The van der Waals surface area contributed by atoms with Crippen LogP contribution in [0.1, 0.15) is 96.4 Å². The summed E-state index contributed by atoms with van der Waals surface area (Å²) >= 11 is 23.3. The van der Waals surface area contributed by atoms with Crippen LogP contribution in [0.15, 0.2) is 214 Å². The molecule has 14 heteroatoms. The molecule has 0 fully saturated rings. The van der Waals surface area contributed by atoms with Gasteiger partial charge in [0.2, 0.25) is 0 Å². The van der Waals surface area contributed by atoms with Crippen molar-refractivity contribution in [3.63, 3.8) is 0 Å². The zero-order valence-corrected chi connectivity index (χ0v) is 45.5. The molecule has 0 bridgehead atoms. The molecule has 8 nitrogen and oxygen atoms in total. The maximum absolute atomic E-state index is 11.5. The smallest absolute Gasteiger partial charge is 0.872 e. The quantitative estimate of drug-likeness (QED) is 0.0887. The van der Waals surface area contributed by atoms with Gasteiger partial charge in [-0.15, -0.1) is 23.0 Å². The van der Waals surface area contributed by atoms with Crippen LogP contribution >= 0.6 is 46.4 Å². The van der Waals surface area contributed by atoms with Gasteiger partial charge in [0.05, 0.1) is 24.2 Å². The maximum Gasteiger partial charge on any atom is 2.00 e. The first kappa shape index (κ1) is 62.1. The van der Waals surface area contributed by atoms with Gasteiger partial charge in [0.25, 0.3) is 0 Å². The molecule has 0 spiro atoms. The monoisotopic (exact) mass is 1160 g/mol. The van der Waals surface area contributed by atoms with Crippen LogP contribution in [-0.4, -0.2) is 24.9 Å². The average molecular weight is 1160 g/mol. The first-order chi connectivity index (χ1) is 34.7. The molecule has 0 saturated carbocycles. The Bertz CT molecular complexity index is 2620. The van der Waals surface area contributed by atoms with E-state index in [1.807, 2.05) is 149 Å². The summed E-state index contributed by atoms with van der Waals surface area (Å²) in [5.74, 6) is -0.0387. The summed E-state index contributed by atoms with van der Waals surface area (Å²) in [6.45, 7) is 7.92. The van der Waals surface area contributed by atoms with Crippen molar-refractivity contribution in [1.29, 1.82) is 0 Å². The molecule has 8 aromatic carbocycles. The van der Waals surface area contributed by atoms with E-state index in [4.69, 9.17) is 46.4 Å². The van der Waals surface area contributed by atoms with Crippen molar-refractivity contribution in [2.24, 2.45) is 20.0 Å². The van der Waals surface area contributed by atoms with Gasteiger partial charge < -0.3 is 20.4 Å². The zero-order chi connectivity index (χ0) is 51.8. The van der Waals surface area contributed by atoms with Crippen molar-refractivity contribution in [2.75, 3.05) is 0 Å². The van der Waals surface area contributed by atoms with Gasteiger partial charge in [-0.2, -0.15) is 0 Å². The predicted octanol–water partition coefficient (Wildman–Crippen LogP) is 14.4. The van der Waals surface area contributed by atoms with Gasteiger partial charge in [-0.25, -0.2) is 0 Å². The third-order valence-corrected chi connectivity index (χ3v) is 11.8. The molecule has 0 amide bonds.